The van der Waals surface area contributed by atoms with E-state index in [4.69, 9.17) is 0 Å². The van der Waals surface area contributed by atoms with Gasteiger partial charge in [0.1, 0.15) is 17.0 Å². The highest BCUT2D eigenvalue weighted by atomic mass is 79.9. The lowest BCUT2D eigenvalue weighted by atomic mass is 10.2. The third-order valence-corrected chi connectivity index (χ3v) is 3.92. The van der Waals surface area contributed by atoms with Crippen LogP contribution in [0.3, 0.4) is 0 Å². The number of aromatic nitrogens is 3. The van der Waals surface area contributed by atoms with E-state index in [1.807, 2.05) is 6.92 Å². The molecule has 0 radical (unpaired) electrons. The van der Waals surface area contributed by atoms with E-state index in [9.17, 15) is 13.6 Å². The number of pyridine rings is 1. The van der Waals surface area contributed by atoms with Crippen LogP contribution in [0.15, 0.2) is 33.7 Å². The quantitative estimate of drug-likeness (QED) is 0.663. The molecule has 112 valence electrons. The summed E-state index contributed by atoms with van der Waals surface area (Å²) in [5.74, 6) is -1.46. The van der Waals surface area contributed by atoms with Crippen molar-refractivity contribution < 1.29 is 8.78 Å². The van der Waals surface area contributed by atoms with Gasteiger partial charge in [-0.15, -0.1) is 0 Å². The van der Waals surface area contributed by atoms with E-state index in [0.29, 0.717) is 11.2 Å². The van der Waals surface area contributed by atoms with Crippen LogP contribution in [-0.4, -0.2) is 14.8 Å². The van der Waals surface area contributed by atoms with Gasteiger partial charge in [0.25, 0.3) is 0 Å². The minimum Gasteiger partial charge on any atom is -0.284 e. The molecule has 0 N–H and O–H groups in total. The number of hydrogen-bond donors (Lipinski definition) is 0. The first kappa shape index (κ1) is 14.8. The summed E-state index contributed by atoms with van der Waals surface area (Å²) in [5, 5.41) is 4.05. The molecule has 7 heteroatoms. The van der Waals surface area contributed by atoms with Crippen LogP contribution in [0.4, 0.5) is 8.78 Å². The molecule has 1 aromatic carbocycles. The van der Waals surface area contributed by atoms with Crippen molar-refractivity contribution in [3.8, 4) is 5.69 Å². The highest BCUT2D eigenvalue weighted by molar-refractivity contribution is 9.10. The topological polar surface area (TPSA) is 47.8 Å². The second kappa shape index (κ2) is 5.24. The van der Waals surface area contributed by atoms with E-state index >= 15 is 0 Å². The third-order valence-electron chi connectivity index (χ3n) is 3.40. The number of halogens is 3. The van der Waals surface area contributed by atoms with E-state index < -0.39 is 11.6 Å². The van der Waals surface area contributed by atoms with Gasteiger partial charge in [-0.1, -0.05) is 0 Å². The molecule has 2 heterocycles. The van der Waals surface area contributed by atoms with Gasteiger partial charge in [-0.05, 0) is 53.5 Å². The van der Waals surface area contributed by atoms with E-state index in [0.717, 1.165) is 17.7 Å². The van der Waals surface area contributed by atoms with Gasteiger partial charge in [-0.2, -0.15) is 5.10 Å². The number of nitrogens with zero attached hydrogens (tertiary/aromatic N) is 3. The number of rotatable bonds is 1. The van der Waals surface area contributed by atoms with Crippen molar-refractivity contribution in [2.75, 3.05) is 0 Å². The monoisotopic (exact) mass is 365 g/mol. The molecule has 0 spiro atoms. The Hall–Kier alpha value is -2.15. The Morgan fingerprint density at radius 3 is 2.59 bits per heavy atom. The molecule has 4 nitrogen and oxygen atoms in total. The summed E-state index contributed by atoms with van der Waals surface area (Å²) >= 11 is 3.07. The first-order chi connectivity index (χ1) is 10.4. The fourth-order valence-corrected chi connectivity index (χ4v) is 2.49. The minimum atomic E-state index is -0.775. The van der Waals surface area contributed by atoms with Crippen LogP contribution >= 0.6 is 15.9 Å². The highest BCUT2D eigenvalue weighted by Crippen LogP contribution is 2.21. The summed E-state index contributed by atoms with van der Waals surface area (Å²) < 4.78 is 28.4. The van der Waals surface area contributed by atoms with Crippen molar-refractivity contribution in [3.05, 3.63) is 62.0 Å². The van der Waals surface area contributed by atoms with Crippen molar-refractivity contribution in [2.24, 2.45) is 0 Å². The predicted octanol–water partition coefficient (Wildman–Crippen LogP) is 3.44. The van der Waals surface area contributed by atoms with Gasteiger partial charge in [0.2, 0.25) is 5.43 Å². The zero-order chi connectivity index (χ0) is 16.0. The summed E-state index contributed by atoms with van der Waals surface area (Å²) in [7, 11) is 0. The van der Waals surface area contributed by atoms with E-state index in [1.165, 1.54) is 10.7 Å². The van der Waals surface area contributed by atoms with Crippen LogP contribution < -0.4 is 5.43 Å². The minimum absolute atomic E-state index is 0.0134. The van der Waals surface area contributed by atoms with Gasteiger partial charge in [0, 0.05) is 11.8 Å². The van der Waals surface area contributed by atoms with Crippen molar-refractivity contribution in [1.82, 2.24) is 14.8 Å². The Balaban J connectivity index is 2.46. The van der Waals surface area contributed by atoms with E-state index in [2.05, 4.69) is 26.0 Å². The lowest BCUT2D eigenvalue weighted by Gasteiger charge is -2.12. The van der Waals surface area contributed by atoms with Crippen molar-refractivity contribution >= 4 is 27.0 Å². The molecule has 3 aromatic rings. The molecule has 0 aliphatic carbocycles. The maximum atomic E-state index is 14.1. The van der Waals surface area contributed by atoms with Gasteiger partial charge in [0.15, 0.2) is 10.4 Å². The molecule has 3 rings (SSSR count). The predicted molar refractivity (Wildman–Crippen MR) is 82.2 cm³/mol. The van der Waals surface area contributed by atoms with Crippen LogP contribution in [0, 0.1) is 25.5 Å². The fraction of sp³-hybridized carbons (Fsp3) is 0.133. The third kappa shape index (κ3) is 2.31. The maximum absolute atomic E-state index is 14.1. The second-order valence-electron chi connectivity index (χ2n) is 4.89. The summed E-state index contributed by atoms with van der Waals surface area (Å²) in [6, 6.07) is 4.88. The smallest absolute Gasteiger partial charge is 0.240 e. The average Bonchev–Trinajstić information content (AvgIpc) is 2.46. The van der Waals surface area contributed by atoms with Crippen molar-refractivity contribution in [3.63, 3.8) is 0 Å². The SMILES string of the molecule is Cc1cc2c(nc1C)c(=O)c(Br)nn2-c1ccc(F)cc1F. The molecular weight excluding hydrogens is 356 g/mol. The molecule has 0 bridgehead atoms. The second-order valence-corrected chi connectivity index (χ2v) is 5.64. The van der Waals surface area contributed by atoms with Gasteiger partial charge < -0.3 is 0 Å². The van der Waals surface area contributed by atoms with Crippen LogP contribution in [0.1, 0.15) is 11.3 Å². The molecule has 22 heavy (non-hydrogen) atoms. The molecule has 0 saturated heterocycles. The van der Waals surface area contributed by atoms with Crippen molar-refractivity contribution in [1.29, 1.82) is 0 Å². The molecule has 0 atom stereocenters. The molecule has 0 amide bonds. The Morgan fingerprint density at radius 1 is 1.18 bits per heavy atom. The van der Waals surface area contributed by atoms with Crippen LogP contribution in [0.2, 0.25) is 0 Å². The summed E-state index contributed by atoms with van der Waals surface area (Å²) in [5.41, 5.74) is 1.74. The lowest BCUT2D eigenvalue weighted by Crippen LogP contribution is -2.16. The molecule has 0 unspecified atom stereocenters. The Morgan fingerprint density at radius 2 is 1.91 bits per heavy atom. The summed E-state index contributed by atoms with van der Waals surface area (Å²) in [6.07, 6.45) is 0. The Labute approximate surface area is 132 Å². The zero-order valence-corrected chi connectivity index (χ0v) is 13.3. The van der Waals surface area contributed by atoms with Gasteiger partial charge >= 0.3 is 0 Å². The van der Waals surface area contributed by atoms with Gasteiger partial charge in [-0.25, -0.2) is 18.4 Å². The molecule has 2 aromatic heterocycles. The maximum Gasteiger partial charge on any atom is 0.240 e. The summed E-state index contributed by atoms with van der Waals surface area (Å²) in [6.45, 7) is 3.62. The first-order valence-corrected chi connectivity index (χ1v) is 7.20. The Kier molecular flexibility index (Phi) is 3.52. The average molecular weight is 366 g/mol. The zero-order valence-electron chi connectivity index (χ0n) is 11.7. The van der Waals surface area contributed by atoms with E-state index in [-0.39, 0.29) is 21.2 Å². The van der Waals surface area contributed by atoms with Gasteiger partial charge in [0.05, 0.1) is 5.52 Å². The molecule has 0 saturated carbocycles. The standard InChI is InChI=1S/C15H10BrF2N3O/c1-7-5-12-13(19-8(7)2)14(22)15(16)20-21(12)11-4-3-9(17)6-10(11)18/h3-6H,1-2H3. The first-order valence-electron chi connectivity index (χ1n) is 6.40. The van der Waals surface area contributed by atoms with Crippen molar-refractivity contribution in [2.45, 2.75) is 13.8 Å². The number of fused-ring (bicyclic) bond motifs is 1. The van der Waals surface area contributed by atoms with Gasteiger partial charge in [-0.3, -0.25) is 4.79 Å². The largest absolute Gasteiger partial charge is 0.284 e. The molecule has 0 aliphatic heterocycles. The van der Waals surface area contributed by atoms with Crippen LogP contribution in [-0.2, 0) is 0 Å². The Bertz CT molecular complexity index is 969. The molecular formula is C15H10BrF2N3O. The number of hydrogen-bond acceptors (Lipinski definition) is 3. The fourth-order valence-electron chi connectivity index (χ4n) is 2.14. The summed E-state index contributed by atoms with van der Waals surface area (Å²) in [4.78, 5) is 16.4. The number of benzene rings is 1. The molecule has 0 aliphatic rings. The normalized spacial score (nSPS) is 11.1. The van der Waals surface area contributed by atoms with E-state index in [1.54, 1.807) is 13.0 Å². The number of aryl methyl sites for hydroxylation is 2. The molecule has 0 fully saturated rings. The van der Waals surface area contributed by atoms with Crippen LogP contribution in [0.25, 0.3) is 16.7 Å². The van der Waals surface area contributed by atoms with Crippen LogP contribution in [0.5, 0.6) is 0 Å². The lowest BCUT2D eigenvalue weighted by molar-refractivity contribution is 0.574. The highest BCUT2D eigenvalue weighted by Gasteiger charge is 2.15.